The van der Waals surface area contributed by atoms with E-state index < -0.39 is 0 Å². The molecule has 0 aromatic heterocycles. The van der Waals surface area contributed by atoms with Crippen molar-refractivity contribution in [1.82, 2.24) is 0 Å². The number of hydrogen-bond acceptors (Lipinski definition) is 2. The molecule has 0 aromatic carbocycles. The van der Waals surface area contributed by atoms with Crippen LogP contribution in [0.1, 0.15) is 72.1 Å². The van der Waals surface area contributed by atoms with Crippen molar-refractivity contribution in [3.63, 3.8) is 0 Å². The van der Waals surface area contributed by atoms with Crippen molar-refractivity contribution in [3.05, 3.63) is 23.8 Å². The van der Waals surface area contributed by atoms with E-state index in [1.165, 1.54) is 63.9 Å². The summed E-state index contributed by atoms with van der Waals surface area (Å²) in [5, 5.41) is 0. The van der Waals surface area contributed by atoms with Gasteiger partial charge in [0.15, 0.2) is 0 Å². The first-order valence-corrected chi connectivity index (χ1v) is 9.81. The predicted octanol–water partition coefficient (Wildman–Crippen LogP) is 5.44. The second-order valence-electron chi connectivity index (χ2n) is 9.67. The summed E-state index contributed by atoms with van der Waals surface area (Å²) in [6.45, 7) is 11.4. The summed E-state index contributed by atoms with van der Waals surface area (Å²) in [5.41, 5.74) is 4.11. The van der Waals surface area contributed by atoms with E-state index in [9.17, 15) is 4.79 Å². The maximum absolute atomic E-state index is 11.4. The first-order chi connectivity index (χ1) is 11.3. The smallest absolute Gasteiger partial charge is 0.302 e. The first kappa shape index (κ1) is 16.4. The van der Waals surface area contributed by atoms with E-state index in [4.69, 9.17) is 4.74 Å². The molecule has 2 nitrogen and oxygen atoms in total. The third-order valence-electron chi connectivity index (χ3n) is 8.14. The third-order valence-corrected chi connectivity index (χ3v) is 8.14. The second-order valence-corrected chi connectivity index (χ2v) is 9.67. The average molecular weight is 328 g/mol. The summed E-state index contributed by atoms with van der Waals surface area (Å²) in [6.07, 6.45) is 12.7. The molecular weight excluding hydrogens is 296 g/mol. The molecule has 4 aliphatic carbocycles. The number of carbonyl (C=O) groups is 1. The molecule has 0 N–H and O–H groups in total. The molecule has 5 atom stereocenters. The van der Waals surface area contributed by atoms with Crippen LogP contribution in [0.2, 0.25) is 0 Å². The standard InChI is InChI=1S/C22H32O2/c1-15-12-22-11-8-18-20(3,14-24-16(2)23)9-5-10-21(18,4)19(22)7-6-17(15)13-22/h7,17-18H,1,5-6,8-14H2,2-4H3/t17-,18-,20+,21-,22-/m1/s1. The summed E-state index contributed by atoms with van der Waals surface area (Å²) in [4.78, 5) is 11.4. The van der Waals surface area contributed by atoms with Crippen LogP contribution in [0.3, 0.4) is 0 Å². The highest BCUT2D eigenvalue weighted by Gasteiger charge is 2.60. The molecule has 0 aliphatic heterocycles. The lowest BCUT2D eigenvalue weighted by molar-refractivity contribution is -0.150. The molecule has 3 fully saturated rings. The van der Waals surface area contributed by atoms with E-state index in [2.05, 4.69) is 26.5 Å². The van der Waals surface area contributed by atoms with E-state index in [1.54, 1.807) is 5.57 Å². The Labute approximate surface area is 146 Å². The van der Waals surface area contributed by atoms with Crippen LogP contribution in [0.15, 0.2) is 23.8 Å². The minimum absolute atomic E-state index is 0.133. The molecule has 1 spiro atoms. The lowest BCUT2D eigenvalue weighted by Crippen LogP contribution is -2.53. The van der Waals surface area contributed by atoms with E-state index in [-0.39, 0.29) is 11.4 Å². The number of allylic oxidation sites excluding steroid dienone is 3. The molecule has 0 aromatic rings. The Balaban J connectivity index is 1.68. The lowest BCUT2D eigenvalue weighted by Gasteiger charge is -2.61. The van der Waals surface area contributed by atoms with Crippen LogP contribution in [0.5, 0.6) is 0 Å². The fourth-order valence-corrected chi connectivity index (χ4v) is 7.19. The van der Waals surface area contributed by atoms with Crippen molar-refractivity contribution in [2.75, 3.05) is 6.61 Å². The Bertz CT molecular complexity index is 617. The molecule has 2 heteroatoms. The third kappa shape index (κ3) is 2.17. The predicted molar refractivity (Wildman–Crippen MR) is 96.4 cm³/mol. The zero-order valence-electron chi connectivity index (χ0n) is 15.6. The zero-order valence-corrected chi connectivity index (χ0v) is 15.6. The van der Waals surface area contributed by atoms with Gasteiger partial charge in [-0.2, -0.15) is 0 Å². The van der Waals surface area contributed by atoms with Crippen molar-refractivity contribution in [1.29, 1.82) is 0 Å². The van der Waals surface area contributed by atoms with Gasteiger partial charge in [0.2, 0.25) is 0 Å². The van der Waals surface area contributed by atoms with Gasteiger partial charge in [0.1, 0.15) is 0 Å². The number of carbonyl (C=O) groups excluding carboxylic acids is 1. The molecule has 0 radical (unpaired) electrons. The Morgan fingerprint density at radius 3 is 2.88 bits per heavy atom. The largest absolute Gasteiger partial charge is 0.465 e. The Hall–Kier alpha value is -1.05. The van der Waals surface area contributed by atoms with Gasteiger partial charge in [0.25, 0.3) is 0 Å². The van der Waals surface area contributed by atoms with Crippen LogP contribution in [0.4, 0.5) is 0 Å². The van der Waals surface area contributed by atoms with Crippen LogP contribution in [0.25, 0.3) is 0 Å². The summed E-state index contributed by atoms with van der Waals surface area (Å²) in [6, 6.07) is 0. The minimum atomic E-state index is -0.136. The van der Waals surface area contributed by atoms with Crippen LogP contribution in [0, 0.1) is 28.1 Å². The number of fused-ring (bicyclic) bond motifs is 3. The van der Waals surface area contributed by atoms with Gasteiger partial charge in [0, 0.05) is 12.3 Å². The molecule has 0 amide bonds. The van der Waals surface area contributed by atoms with Crippen molar-refractivity contribution < 1.29 is 9.53 Å². The molecule has 132 valence electrons. The van der Waals surface area contributed by atoms with Gasteiger partial charge in [-0.05, 0) is 67.6 Å². The topological polar surface area (TPSA) is 26.3 Å². The van der Waals surface area contributed by atoms with Gasteiger partial charge >= 0.3 is 5.97 Å². The molecule has 0 unspecified atom stereocenters. The number of esters is 1. The maximum Gasteiger partial charge on any atom is 0.302 e. The lowest BCUT2D eigenvalue weighted by atomic mass is 9.44. The van der Waals surface area contributed by atoms with E-state index >= 15 is 0 Å². The summed E-state index contributed by atoms with van der Waals surface area (Å²) >= 11 is 0. The van der Waals surface area contributed by atoms with Gasteiger partial charge in [-0.15, -0.1) is 0 Å². The van der Waals surface area contributed by atoms with Crippen LogP contribution in [-0.4, -0.2) is 12.6 Å². The average Bonchev–Trinajstić information content (AvgIpc) is 2.74. The molecule has 4 aliphatic rings. The Morgan fingerprint density at radius 1 is 1.33 bits per heavy atom. The maximum atomic E-state index is 11.4. The van der Waals surface area contributed by atoms with Crippen molar-refractivity contribution in [2.45, 2.75) is 72.1 Å². The highest BCUT2D eigenvalue weighted by atomic mass is 16.5. The molecule has 24 heavy (non-hydrogen) atoms. The Morgan fingerprint density at radius 2 is 2.12 bits per heavy atom. The summed E-state index contributed by atoms with van der Waals surface area (Å²) in [7, 11) is 0. The number of ether oxygens (including phenoxy) is 1. The van der Waals surface area contributed by atoms with Gasteiger partial charge in [-0.1, -0.05) is 44.1 Å². The molecule has 4 rings (SSSR count). The highest BCUT2D eigenvalue weighted by molar-refractivity contribution is 5.65. The van der Waals surface area contributed by atoms with Gasteiger partial charge in [-0.3, -0.25) is 4.79 Å². The summed E-state index contributed by atoms with van der Waals surface area (Å²) in [5.74, 6) is 1.24. The van der Waals surface area contributed by atoms with Gasteiger partial charge in [0.05, 0.1) is 6.61 Å². The van der Waals surface area contributed by atoms with E-state index in [1.807, 2.05) is 0 Å². The molecule has 2 bridgehead atoms. The second kappa shape index (κ2) is 5.22. The normalized spacial score (nSPS) is 46.8. The molecule has 0 saturated heterocycles. The zero-order chi connectivity index (χ0) is 17.2. The van der Waals surface area contributed by atoms with Gasteiger partial charge < -0.3 is 4.74 Å². The summed E-state index contributed by atoms with van der Waals surface area (Å²) < 4.78 is 5.52. The van der Waals surface area contributed by atoms with Crippen molar-refractivity contribution >= 4 is 5.97 Å². The van der Waals surface area contributed by atoms with E-state index in [0.717, 1.165) is 5.92 Å². The SMILES string of the molecule is C=C1C[C@@]23CC[C@@H]4[C@](C)(COC(C)=O)CCC[C@@]4(C)C2=CC[C@@H]1C3. The van der Waals surface area contributed by atoms with Crippen LogP contribution in [-0.2, 0) is 9.53 Å². The van der Waals surface area contributed by atoms with Crippen molar-refractivity contribution in [3.8, 4) is 0 Å². The minimum Gasteiger partial charge on any atom is -0.465 e. The quantitative estimate of drug-likeness (QED) is 0.498. The highest BCUT2D eigenvalue weighted by Crippen LogP contribution is 2.70. The number of rotatable bonds is 2. The molecular formula is C22H32O2. The fraction of sp³-hybridized carbons (Fsp3) is 0.773. The van der Waals surface area contributed by atoms with E-state index in [0.29, 0.717) is 23.4 Å². The molecule has 0 heterocycles. The van der Waals surface area contributed by atoms with Crippen molar-refractivity contribution in [2.24, 2.45) is 28.1 Å². The fourth-order valence-electron chi connectivity index (χ4n) is 7.19. The Kier molecular flexibility index (Phi) is 3.57. The van der Waals surface area contributed by atoms with Gasteiger partial charge in [-0.25, -0.2) is 0 Å². The first-order valence-electron chi connectivity index (χ1n) is 9.81. The molecule has 3 saturated carbocycles. The van der Waals surface area contributed by atoms with Crippen LogP contribution < -0.4 is 0 Å². The monoisotopic (exact) mass is 328 g/mol. The number of hydrogen-bond donors (Lipinski definition) is 0. The van der Waals surface area contributed by atoms with Crippen LogP contribution >= 0.6 is 0 Å².